The fourth-order valence-electron chi connectivity index (χ4n) is 0.189. The zero-order chi connectivity index (χ0) is 9.98. The van der Waals surface area contributed by atoms with E-state index in [-0.39, 0.29) is 5.96 Å². The SMILES string of the molecule is CC/C=N/N=C(N)N.O=[N+](O)O. The van der Waals surface area contributed by atoms with Crippen LogP contribution >= 0.6 is 0 Å². The number of nitrogens with zero attached hydrogens (tertiary/aromatic N) is 3. The summed E-state index contributed by atoms with van der Waals surface area (Å²) in [5.74, 6) is -0.00491. The highest BCUT2D eigenvalue weighted by Gasteiger charge is 1.78. The molecule has 0 spiro atoms. The lowest BCUT2D eigenvalue weighted by atomic mass is 10.6. The predicted octanol–water partition coefficient (Wildman–Crippen LogP) is -0.801. The van der Waals surface area contributed by atoms with Crippen LogP contribution in [0.5, 0.6) is 0 Å². The molecule has 0 saturated carbocycles. The third kappa shape index (κ3) is 42.1. The fraction of sp³-hybridized carbons (Fsp3) is 0.500. The Balaban J connectivity index is 0. The highest BCUT2D eigenvalue weighted by atomic mass is 16.9. The van der Waals surface area contributed by atoms with Gasteiger partial charge in [-0.05, 0) is 6.42 Å². The van der Waals surface area contributed by atoms with Crippen molar-refractivity contribution in [2.24, 2.45) is 21.7 Å². The van der Waals surface area contributed by atoms with E-state index in [1.54, 1.807) is 6.21 Å². The van der Waals surface area contributed by atoms with E-state index in [0.717, 1.165) is 6.42 Å². The first-order valence-corrected chi connectivity index (χ1v) is 2.96. The molecule has 0 atom stereocenters. The molecule has 0 saturated heterocycles. The van der Waals surface area contributed by atoms with Gasteiger partial charge in [0.2, 0.25) is 5.96 Å². The molecule has 0 fully saturated rings. The lowest BCUT2D eigenvalue weighted by Crippen LogP contribution is -2.21. The molecule has 8 heteroatoms. The molecule has 0 amide bonds. The van der Waals surface area contributed by atoms with Gasteiger partial charge in [0, 0.05) is 6.21 Å². The summed E-state index contributed by atoms with van der Waals surface area (Å²) in [6, 6.07) is 0. The van der Waals surface area contributed by atoms with Gasteiger partial charge in [-0.15, -0.1) is 5.10 Å². The molecule has 70 valence electrons. The minimum Gasteiger partial charge on any atom is -0.369 e. The highest BCUT2D eigenvalue weighted by molar-refractivity contribution is 5.76. The van der Waals surface area contributed by atoms with Crippen LogP contribution in [-0.4, -0.2) is 27.7 Å². The Labute approximate surface area is 68.7 Å². The lowest BCUT2D eigenvalue weighted by molar-refractivity contribution is -0.969. The maximum atomic E-state index is 8.47. The summed E-state index contributed by atoms with van der Waals surface area (Å²) in [5, 5.41) is 19.4. The molecule has 8 nitrogen and oxygen atoms in total. The largest absolute Gasteiger partial charge is 0.472 e. The topological polar surface area (TPSA) is 137 Å². The van der Waals surface area contributed by atoms with Crippen LogP contribution in [0.15, 0.2) is 10.2 Å². The van der Waals surface area contributed by atoms with Gasteiger partial charge in [-0.1, -0.05) is 6.92 Å². The van der Waals surface area contributed by atoms with Gasteiger partial charge in [-0.3, -0.25) is 0 Å². The molecule has 6 N–H and O–H groups in total. The van der Waals surface area contributed by atoms with E-state index in [2.05, 4.69) is 10.2 Å². The van der Waals surface area contributed by atoms with Crippen molar-refractivity contribution in [3.8, 4) is 0 Å². The van der Waals surface area contributed by atoms with Gasteiger partial charge in [0.15, 0.2) is 0 Å². The Morgan fingerprint density at radius 2 is 2.00 bits per heavy atom. The molecule has 12 heavy (non-hydrogen) atoms. The first-order valence-electron chi connectivity index (χ1n) is 2.96. The van der Waals surface area contributed by atoms with Crippen LogP contribution in [0.4, 0.5) is 0 Å². The molecule has 0 aliphatic rings. The minimum atomic E-state index is -1.25. The minimum absolute atomic E-state index is 0.00491. The van der Waals surface area contributed by atoms with Crippen LogP contribution in [0.25, 0.3) is 0 Å². The van der Waals surface area contributed by atoms with Crippen molar-refractivity contribution < 1.29 is 15.5 Å². The zero-order valence-electron chi connectivity index (χ0n) is 6.58. The Morgan fingerprint density at radius 3 is 2.25 bits per heavy atom. The van der Waals surface area contributed by atoms with E-state index >= 15 is 0 Å². The molecule has 0 aliphatic heterocycles. The molecule has 0 aromatic heterocycles. The Bertz CT molecular complexity index is 170. The van der Waals surface area contributed by atoms with Crippen LogP contribution in [0, 0.1) is 4.91 Å². The van der Waals surface area contributed by atoms with E-state index in [1.807, 2.05) is 6.92 Å². The highest BCUT2D eigenvalue weighted by Crippen LogP contribution is 1.69. The number of guanidine groups is 1. The third-order valence-electron chi connectivity index (χ3n) is 0.437. The van der Waals surface area contributed by atoms with Crippen molar-refractivity contribution in [2.75, 3.05) is 0 Å². The first kappa shape index (κ1) is 12.8. The Morgan fingerprint density at radius 1 is 1.58 bits per heavy atom. The van der Waals surface area contributed by atoms with Crippen molar-refractivity contribution in [3.05, 3.63) is 4.91 Å². The van der Waals surface area contributed by atoms with Gasteiger partial charge in [-0.2, -0.15) is 5.10 Å². The predicted molar refractivity (Wildman–Crippen MR) is 41.8 cm³/mol. The van der Waals surface area contributed by atoms with Crippen molar-refractivity contribution in [1.29, 1.82) is 0 Å². The lowest BCUT2D eigenvalue weighted by Gasteiger charge is -1.80. The second kappa shape index (κ2) is 9.14. The number of hydrogen-bond donors (Lipinski definition) is 4. The number of nitrogens with two attached hydrogens (primary N) is 2. The smallest absolute Gasteiger partial charge is 0.369 e. The Hall–Kier alpha value is -1.86. The van der Waals surface area contributed by atoms with Gasteiger partial charge < -0.3 is 11.5 Å². The molecule has 0 aromatic rings. The average molecular weight is 178 g/mol. The summed E-state index contributed by atoms with van der Waals surface area (Å²) >= 11 is 0. The first-order chi connectivity index (χ1) is 5.50. The van der Waals surface area contributed by atoms with Gasteiger partial charge in [-0.25, -0.2) is 10.4 Å². The van der Waals surface area contributed by atoms with E-state index < -0.39 is 5.09 Å². The fourth-order valence-corrected chi connectivity index (χ4v) is 0.189. The van der Waals surface area contributed by atoms with Crippen LogP contribution in [0.3, 0.4) is 0 Å². The van der Waals surface area contributed by atoms with Crippen molar-refractivity contribution in [2.45, 2.75) is 13.3 Å². The quantitative estimate of drug-likeness (QED) is 0.249. The molecule has 0 aromatic carbocycles. The summed E-state index contributed by atoms with van der Waals surface area (Å²) in [4.78, 5) is 8.47. The standard InChI is InChI=1S/C4H10N4.H2NO3/c1-2-3-7-8-4(5)6;2-1(3)4/h3H,2H2,1H3,(H4,5,6,8);(H2,2,3,4)/q;+1/b7-3+;. The monoisotopic (exact) mass is 178 g/mol. The van der Waals surface area contributed by atoms with Crippen LogP contribution in [-0.2, 0) is 0 Å². The molecule has 0 bridgehead atoms. The maximum absolute atomic E-state index is 8.47. The van der Waals surface area contributed by atoms with Gasteiger partial charge in [0.25, 0.3) is 0 Å². The van der Waals surface area contributed by atoms with E-state index in [9.17, 15) is 0 Å². The maximum Gasteiger partial charge on any atom is 0.472 e. The van der Waals surface area contributed by atoms with Crippen molar-refractivity contribution >= 4 is 12.2 Å². The zero-order valence-corrected chi connectivity index (χ0v) is 6.58. The molecule has 0 unspecified atom stereocenters. The summed E-state index contributed by atoms with van der Waals surface area (Å²) in [6.45, 7) is 1.95. The molecular weight excluding hydrogens is 166 g/mol. The molecule has 0 aliphatic carbocycles. The summed E-state index contributed by atoms with van der Waals surface area (Å²) in [7, 11) is 0. The summed E-state index contributed by atoms with van der Waals surface area (Å²) < 4.78 is 0. The molecule has 0 radical (unpaired) electrons. The van der Waals surface area contributed by atoms with Crippen LogP contribution in [0.1, 0.15) is 13.3 Å². The van der Waals surface area contributed by atoms with E-state index in [4.69, 9.17) is 26.8 Å². The van der Waals surface area contributed by atoms with E-state index in [0.29, 0.717) is 0 Å². The number of hydrogen-bond acceptors (Lipinski definition) is 3. The van der Waals surface area contributed by atoms with Gasteiger partial charge >= 0.3 is 5.09 Å². The second-order valence-corrected chi connectivity index (χ2v) is 1.48. The van der Waals surface area contributed by atoms with E-state index in [1.165, 1.54) is 0 Å². The second-order valence-electron chi connectivity index (χ2n) is 1.48. The van der Waals surface area contributed by atoms with Crippen molar-refractivity contribution in [1.82, 2.24) is 0 Å². The normalized spacial score (nSPS) is 8.42. The van der Waals surface area contributed by atoms with Crippen molar-refractivity contribution in [3.63, 3.8) is 0 Å². The summed E-state index contributed by atoms with van der Waals surface area (Å²) in [5.41, 5.74) is 9.89. The van der Waals surface area contributed by atoms with Crippen LogP contribution < -0.4 is 11.5 Å². The Kier molecular flexibility index (Phi) is 9.74. The molecular formula is C4H12N5O3+. The average Bonchev–Trinajstić information content (AvgIpc) is 1.86. The van der Waals surface area contributed by atoms with Gasteiger partial charge in [0.1, 0.15) is 4.91 Å². The third-order valence-corrected chi connectivity index (χ3v) is 0.437. The van der Waals surface area contributed by atoms with Gasteiger partial charge in [0.05, 0.1) is 0 Å². The molecule has 0 rings (SSSR count). The van der Waals surface area contributed by atoms with Crippen LogP contribution in [0.2, 0.25) is 0 Å². The number of rotatable bonds is 2. The summed E-state index contributed by atoms with van der Waals surface area (Å²) in [6.07, 6.45) is 2.47. The molecule has 0 heterocycles.